The van der Waals surface area contributed by atoms with E-state index in [2.05, 4.69) is 0 Å². The summed E-state index contributed by atoms with van der Waals surface area (Å²) in [6.07, 6.45) is 0. The van der Waals surface area contributed by atoms with Crippen molar-refractivity contribution in [3.8, 4) is 0 Å². The van der Waals surface area contributed by atoms with Crippen LogP contribution in [0.5, 0.6) is 0 Å². The minimum absolute atomic E-state index is 3.73. The van der Waals surface area contributed by atoms with E-state index >= 15 is 0 Å². The molecule has 0 atom stereocenters. The molecule has 0 aromatic carbocycles. The molecule has 1 fully saturated rings. The molecule has 1 rings (SSSR count). The number of rotatable bonds is 1. The summed E-state index contributed by atoms with van der Waals surface area (Å²) < 4.78 is 80.5. The Labute approximate surface area is 56.4 Å². The van der Waals surface area contributed by atoms with Gasteiger partial charge in [0.05, 0.1) is 5.82 Å². The first kappa shape index (κ1) is 8.67. The Hall–Kier alpha value is -0.425. The molecule has 1 aliphatic rings. The van der Waals surface area contributed by atoms with Gasteiger partial charge in [0.2, 0.25) is 0 Å². The average Bonchev–Trinajstić information content (AvgIpc) is 1.93. The molecule has 8 heteroatoms. The quantitative estimate of drug-likeness (QED) is 0.430. The molecule has 0 radical (unpaired) electrons. The number of halogens is 7. The molecule has 66 valence electrons. The summed E-state index contributed by atoms with van der Waals surface area (Å²) in [5, 5.41) is 0. The van der Waals surface area contributed by atoms with Crippen molar-refractivity contribution in [2.75, 3.05) is 0 Å². The standard InChI is InChI=1S/C3HBF7/c5-2(6)1(3(2,7)8)4(9,10)11/h1H/q-1. The fourth-order valence-electron chi connectivity index (χ4n) is 0.840. The topological polar surface area (TPSA) is 0 Å². The van der Waals surface area contributed by atoms with Crippen molar-refractivity contribution in [2.45, 2.75) is 17.7 Å². The maximum absolute atomic E-state index is 11.6. The van der Waals surface area contributed by atoms with Gasteiger partial charge < -0.3 is 12.9 Å². The zero-order valence-electron chi connectivity index (χ0n) is 4.80. The molecule has 0 spiro atoms. The molecule has 1 saturated carbocycles. The van der Waals surface area contributed by atoms with Gasteiger partial charge in [0.1, 0.15) is 0 Å². The first-order valence-corrected chi connectivity index (χ1v) is 2.57. The van der Waals surface area contributed by atoms with Gasteiger partial charge in [0.25, 0.3) is 11.8 Å². The van der Waals surface area contributed by atoms with E-state index in [0.29, 0.717) is 0 Å². The number of hydrogen-bond acceptors (Lipinski definition) is 0. The molecule has 0 bridgehead atoms. The molecule has 11 heavy (non-hydrogen) atoms. The van der Waals surface area contributed by atoms with E-state index in [1.807, 2.05) is 0 Å². The van der Waals surface area contributed by atoms with Crippen molar-refractivity contribution in [3.05, 3.63) is 0 Å². The van der Waals surface area contributed by atoms with Crippen LogP contribution in [0.25, 0.3) is 0 Å². The highest BCUT2D eigenvalue weighted by molar-refractivity contribution is 6.62. The second-order valence-corrected chi connectivity index (χ2v) is 2.35. The summed E-state index contributed by atoms with van der Waals surface area (Å²) in [5.74, 6) is -13.5. The lowest BCUT2D eigenvalue weighted by Crippen LogP contribution is -2.19. The third-order valence-corrected chi connectivity index (χ3v) is 1.52. The summed E-state index contributed by atoms with van der Waals surface area (Å²) in [7, 11) is 0. The van der Waals surface area contributed by atoms with Crippen LogP contribution in [0.15, 0.2) is 0 Å². The zero-order valence-corrected chi connectivity index (χ0v) is 4.80. The van der Waals surface area contributed by atoms with Crippen molar-refractivity contribution in [1.82, 2.24) is 0 Å². The third kappa shape index (κ3) is 0.910. The molecule has 0 nitrogen and oxygen atoms in total. The zero-order chi connectivity index (χ0) is 9.08. The van der Waals surface area contributed by atoms with Gasteiger partial charge in [-0.15, -0.1) is 0 Å². The van der Waals surface area contributed by atoms with E-state index in [1.54, 1.807) is 0 Å². The molecule has 0 amide bonds. The normalized spacial score (nSPS) is 28.6. The summed E-state index contributed by atoms with van der Waals surface area (Å²) in [6, 6.07) is 0. The van der Waals surface area contributed by atoms with Gasteiger partial charge in [-0.2, -0.15) is 0 Å². The van der Waals surface area contributed by atoms with E-state index in [0.717, 1.165) is 0 Å². The van der Waals surface area contributed by atoms with Crippen molar-refractivity contribution in [1.29, 1.82) is 0 Å². The molecule has 1 aliphatic carbocycles. The molecule has 0 aliphatic heterocycles. The highest BCUT2D eigenvalue weighted by Gasteiger charge is 2.88. The summed E-state index contributed by atoms with van der Waals surface area (Å²) in [6.45, 7) is -6.14. The van der Waals surface area contributed by atoms with E-state index in [1.165, 1.54) is 0 Å². The van der Waals surface area contributed by atoms with Crippen LogP contribution in [0.1, 0.15) is 0 Å². The Morgan fingerprint density at radius 1 is 0.818 bits per heavy atom. The van der Waals surface area contributed by atoms with Gasteiger partial charge in [-0.3, -0.25) is 0 Å². The maximum atomic E-state index is 11.6. The highest BCUT2D eigenvalue weighted by Crippen LogP contribution is 2.71. The second kappa shape index (κ2) is 1.66. The van der Waals surface area contributed by atoms with E-state index < -0.39 is 24.6 Å². The summed E-state index contributed by atoms with van der Waals surface area (Å²) in [4.78, 5) is 0. The van der Waals surface area contributed by atoms with Crippen molar-refractivity contribution < 1.29 is 30.5 Å². The van der Waals surface area contributed by atoms with Gasteiger partial charge in [0.15, 0.2) is 0 Å². The Bertz CT molecular complexity index is 167. The molecule has 0 heterocycles. The van der Waals surface area contributed by atoms with Gasteiger partial charge in [-0.1, -0.05) is 0 Å². The van der Waals surface area contributed by atoms with Gasteiger partial charge >= 0.3 is 6.98 Å². The monoisotopic (exact) mass is 181 g/mol. The third-order valence-electron chi connectivity index (χ3n) is 1.52. The van der Waals surface area contributed by atoms with Gasteiger partial charge in [-0.05, 0) is 0 Å². The number of alkyl halides is 4. The predicted octanol–water partition coefficient (Wildman–Crippen LogP) is 2.49. The second-order valence-electron chi connectivity index (χ2n) is 2.35. The van der Waals surface area contributed by atoms with Gasteiger partial charge in [0, 0.05) is 0 Å². The Kier molecular flexibility index (Phi) is 1.31. The fraction of sp³-hybridized carbons (Fsp3) is 1.00. The molecule has 0 unspecified atom stereocenters. The van der Waals surface area contributed by atoms with Crippen LogP contribution in [-0.4, -0.2) is 18.8 Å². The minimum Gasteiger partial charge on any atom is -0.448 e. The van der Waals surface area contributed by atoms with Crippen molar-refractivity contribution in [2.24, 2.45) is 0 Å². The molecular formula is C3HBF7-. The summed E-state index contributed by atoms with van der Waals surface area (Å²) in [5.41, 5.74) is 0. The maximum Gasteiger partial charge on any atom is 0.493 e. The Balaban J connectivity index is 2.84. The minimum atomic E-state index is -6.14. The van der Waals surface area contributed by atoms with Crippen molar-refractivity contribution >= 4 is 6.98 Å². The highest BCUT2D eigenvalue weighted by atomic mass is 19.4. The van der Waals surface area contributed by atoms with E-state index in [4.69, 9.17) is 0 Å². The largest absolute Gasteiger partial charge is 0.493 e. The van der Waals surface area contributed by atoms with Crippen LogP contribution in [-0.2, 0) is 0 Å². The van der Waals surface area contributed by atoms with Crippen LogP contribution in [0.3, 0.4) is 0 Å². The van der Waals surface area contributed by atoms with Crippen LogP contribution < -0.4 is 0 Å². The van der Waals surface area contributed by atoms with Crippen LogP contribution in [0, 0.1) is 0 Å². The lowest BCUT2D eigenvalue weighted by molar-refractivity contribution is -0.0278. The molecular weight excluding hydrogens is 180 g/mol. The van der Waals surface area contributed by atoms with Gasteiger partial charge in [-0.25, -0.2) is 17.6 Å². The lowest BCUT2D eigenvalue weighted by atomic mass is 9.82. The van der Waals surface area contributed by atoms with Crippen LogP contribution >= 0.6 is 0 Å². The van der Waals surface area contributed by atoms with Crippen molar-refractivity contribution in [3.63, 3.8) is 0 Å². The summed E-state index contributed by atoms with van der Waals surface area (Å²) >= 11 is 0. The Morgan fingerprint density at radius 3 is 1.09 bits per heavy atom. The molecule has 0 aromatic heterocycles. The SMILES string of the molecule is F[B-](F)(F)C1C(F)(F)C1(F)F. The molecule has 0 saturated heterocycles. The fourth-order valence-corrected chi connectivity index (χ4v) is 0.840. The molecule has 0 N–H and O–H groups in total. The van der Waals surface area contributed by atoms with E-state index in [9.17, 15) is 30.5 Å². The lowest BCUT2D eigenvalue weighted by Gasteiger charge is -2.09. The van der Waals surface area contributed by atoms with E-state index in [-0.39, 0.29) is 0 Å². The smallest absolute Gasteiger partial charge is 0.448 e. The first-order valence-electron chi connectivity index (χ1n) is 2.57. The first-order chi connectivity index (χ1) is 4.62. The molecule has 0 aromatic rings. The predicted molar refractivity (Wildman–Crippen MR) is 22.7 cm³/mol. The number of hydrogen-bond donors (Lipinski definition) is 0. The van der Waals surface area contributed by atoms with Crippen LogP contribution in [0.2, 0.25) is 5.82 Å². The average molecular weight is 181 g/mol. The van der Waals surface area contributed by atoms with Crippen LogP contribution in [0.4, 0.5) is 30.5 Å². The Morgan fingerprint density at radius 2 is 1.09 bits per heavy atom.